The molecule has 0 radical (unpaired) electrons. The predicted octanol–water partition coefficient (Wildman–Crippen LogP) is 4.66. The van der Waals surface area contributed by atoms with Crippen LogP contribution in [0.2, 0.25) is 0 Å². The van der Waals surface area contributed by atoms with Gasteiger partial charge in [-0.25, -0.2) is 0 Å². The van der Waals surface area contributed by atoms with Gasteiger partial charge in [-0.05, 0) is 40.5 Å². The summed E-state index contributed by atoms with van der Waals surface area (Å²) >= 11 is 0. The molecule has 2 aromatic rings. The van der Waals surface area contributed by atoms with Gasteiger partial charge in [0.05, 0.1) is 7.11 Å². The molecule has 2 rings (SSSR count). The number of allylic oxidation sites excluding steroid dienone is 1. The van der Waals surface area contributed by atoms with E-state index in [-0.39, 0.29) is 0 Å². The molecule has 2 aromatic carbocycles. The number of ether oxygens (including phenoxy) is 1. The third-order valence-corrected chi connectivity index (χ3v) is 3.02. The van der Waals surface area contributed by atoms with Gasteiger partial charge in [0.15, 0.2) is 0 Å². The van der Waals surface area contributed by atoms with Crippen LogP contribution in [-0.2, 0) is 0 Å². The molecule has 0 amide bonds. The second-order valence-corrected chi connectivity index (χ2v) is 4.25. The van der Waals surface area contributed by atoms with E-state index in [0.29, 0.717) is 0 Å². The van der Waals surface area contributed by atoms with Gasteiger partial charge in [-0.3, -0.25) is 0 Å². The van der Waals surface area contributed by atoms with Crippen LogP contribution in [0, 0.1) is 0 Å². The van der Waals surface area contributed by atoms with Gasteiger partial charge in [0, 0.05) is 0 Å². The Labute approximate surface area is 103 Å². The minimum absolute atomic E-state index is 0.899. The van der Waals surface area contributed by atoms with Crippen LogP contribution >= 0.6 is 0 Å². The molecule has 0 bridgehead atoms. The van der Waals surface area contributed by atoms with Gasteiger partial charge in [0.1, 0.15) is 5.75 Å². The van der Waals surface area contributed by atoms with Gasteiger partial charge >= 0.3 is 0 Å². The monoisotopic (exact) mass is 226 g/mol. The smallest absolute Gasteiger partial charge is 0.119 e. The Morgan fingerprint density at radius 2 is 2.06 bits per heavy atom. The highest BCUT2D eigenvalue weighted by Gasteiger charge is 2.04. The molecule has 0 heterocycles. The number of hydrogen-bond donors (Lipinski definition) is 0. The lowest BCUT2D eigenvalue weighted by atomic mass is 9.96. The van der Waals surface area contributed by atoms with Crippen molar-refractivity contribution < 1.29 is 4.74 Å². The van der Waals surface area contributed by atoms with Crippen LogP contribution in [0.4, 0.5) is 0 Å². The van der Waals surface area contributed by atoms with Gasteiger partial charge in [-0.15, -0.1) is 0 Å². The van der Waals surface area contributed by atoms with E-state index in [9.17, 15) is 0 Å². The van der Waals surface area contributed by atoms with E-state index < -0.39 is 0 Å². The Kier molecular flexibility index (Phi) is 3.48. The van der Waals surface area contributed by atoms with Crippen LogP contribution < -0.4 is 4.74 Å². The van der Waals surface area contributed by atoms with Crippen molar-refractivity contribution in [1.29, 1.82) is 0 Å². The maximum Gasteiger partial charge on any atom is 0.119 e. The van der Waals surface area contributed by atoms with Crippen LogP contribution in [0.3, 0.4) is 0 Å². The maximum atomic E-state index is 5.25. The zero-order valence-electron chi connectivity index (χ0n) is 10.5. The highest BCUT2D eigenvalue weighted by molar-refractivity contribution is 5.94. The van der Waals surface area contributed by atoms with Gasteiger partial charge < -0.3 is 4.74 Å². The molecule has 88 valence electrons. The van der Waals surface area contributed by atoms with Crippen molar-refractivity contribution in [2.45, 2.75) is 19.8 Å². The summed E-state index contributed by atoms with van der Waals surface area (Å²) in [6, 6.07) is 12.5. The Balaban J connectivity index is 2.54. The van der Waals surface area contributed by atoms with Crippen molar-refractivity contribution >= 4 is 16.3 Å². The van der Waals surface area contributed by atoms with E-state index in [1.165, 1.54) is 21.9 Å². The van der Waals surface area contributed by atoms with E-state index in [2.05, 4.69) is 43.8 Å². The number of rotatable bonds is 4. The average molecular weight is 226 g/mol. The van der Waals surface area contributed by atoms with Crippen LogP contribution in [-0.4, -0.2) is 7.11 Å². The van der Waals surface area contributed by atoms with Crippen LogP contribution in [0.1, 0.15) is 25.3 Å². The van der Waals surface area contributed by atoms with Crippen molar-refractivity contribution in [2.24, 2.45) is 0 Å². The van der Waals surface area contributed by atoms with Crippen molar-refractivity contribution in [2.75, 3.05) is 7.11 Å². The third kappa shape index (κ3) is 2.33. The first-order valence-electron chi connectivity index (χ1n) is 6.01. The normalized spacial score (nSPS) is 10.5. The summed E-state index contributed by atoms with van der Waals surface area (Å²) in [5.74, 6) is 0.899. The van der Waals surface area contributed by atoms with Crippen LogP contribution in [0.5, 0.6) is 5.75 Å². The van der Waals surface area contributed by atoms with Crippen molar-refractivity contribution in [3.63, 3.8) is 0 Å². The Hall–Kier alpha value is -1.76. The summed E-state index contributed by atoms with van der Waals surface area (Å²) in [5.41, 5.74) is 2.47. The summed E-state index contributed by atoms with van der Waals surface area (Å²) in [6.45, 7) is 6.36. The molecule has 0 spiro atoms. The van der Waals surface area contributed by atoms with E-state index in [0.717, 1.165) is 18.6 Å². The van der Waals surface area contributed by atoms with E-state index in [1.54, 1.807) is 7.11 Å². The fourth-order valence-corrected chi connectivity index (χ4v) is 2.13. The largest absolute Gasteiger partial charge is 0.497 e. The molecule has 1 nitrogen and oxygen atoms in total. The first kappa shape index (κ1) is 11.7. The Morgan fingerprint density at radius 3 is 2.76 bits per heavy atom. The highest BCUT2D eigenvalue weighted by atomic mass is 16.5. The minimum atomic E-state index is 0.899. The molecule has 0 aliphatic carbocycles. The third-order valence-electron chi connectivity index (χ3n) is 3.02. The molecular formula is C16H18O. The summed E-state index contributed by atoms with van der Waals surface area (Å²) in [6.07, 6.45) is 2.18. The first-order chi connectivity index (χ1) is 8.26. The molecule has 0 N–H and O–H groups in total. The lowest BCUT2D eigenvalue weighted by Crippen LogP contribution is -1.87. The molecule has 0 saturated carbocycles. The summed E-state index contributed by atoms with van der Waals surface area (Å²) in [4.78, 5) is 0. The number of fused-ring (bicyclic) bond motifs is 1. The van der Waals surface area contributed by atoms with Gasteiger partial charge in [-0.1, -0.05) is 44.2 Å². The van der Waals surface area contributed by atoms with E-state index >= 15 is 0 Å². The quantitative estimate of drug-likeness (QED) is 0.736. The molecule has 17 heavy (non-hydrogen) atoms. The number of benzene rings is 2. The molecular weight excluding hydrogens is 208 g/mol. The fraction of sp³-hybridized carbons (Fsp3) is 0.250. The van der Waals surface area contributed by atoms with Gasteiger partial charge in [-0.2, -0.15) is 0 Å². The zero-order chi connectivity index (χ0) is 12.3. The fourth-order valence-electron chi connectivity index (χ4n) is 2.13. The highest BCUT2D eigenvalue weighted by Crippen LogP contribution is 2.29. The topological polar surface area (TPSA) is 9.23 Å². The predicted molar refractivity (Wildman–Crippen MR) is 74.4 cm³/mol. The second kappa shape index (κ2) is 5.05. The molecule has 1 heteroatoms. The molecule has 0 aliphatic rings. The van der Waals surface area contributed by atoms with Crippen LogP contribution in [0.15, 0.2) is 43.0 Å². The molecule has 0 fully saturated rings. The van der Waals surface area contributed by atoms with Gasteiger partial charge in [0.25, 0.3) is 0 Å². The number of hydrogen-bond acceptors (Lipinski definition) is 1. The SMILES string of the molecule is C=C(CCC)c1cccc2cc(OC)ccc12. The van der Waals surface area contributed by atoms with Crippen molar-refractivity contribution in [3.8, 4) is 5.75 Å². The zero-order valence-corrected chi connectivity index (χ0v) is 10.5. The summed E-state index contributed by atoms with van der Waals surface area (Å²) < 4.78 is 5.25. The van der Waals surface area contributed by atoms with Crippen molar-refractivity contribution in [1.82, 2.24) is 0 Å². The van der Waals surface area contributed by atoms with Crippen molar-refractivity contribution in [3.05, 3.63) is 48.5 Å². The lowest BCUT2D eigenvalue weighted by molar-refractivity contribution is 0.415. The van der Waals surface area contributed by atoms with Crippen LogP contribution in [0.25, 0.3) is 16.3 Å². The molecule has 0 aliphatic heterocycles. The molecule has 0 saturated heterocycles. The second-order valence-electron chi connectivity index (χ2n) is 4.25. The van der Waals surface area contributed by atoms with Gasteiger partial charge in [0.2, 0.25) is 0 Å². The first-order valence-corrected chi connectivity index (χ1v) is 6.01. The molecule has 0 atom stereocenters. The summed E-state index contributed by atoms with van der Waals surface area (Å²) in [5, 5.41) is 2.46. The molecule has 0 unspecified atom stereocenters. The summed E-state index contributed by atoms with van der Waals surface area (Å²) in [7, 11) is 1.70. The Bertz CT molecular complexity index is 540. The standard InChI is InChI=1S/C16H18O/c1-4-6-12(2)15-8-5-7-13-11-14(17-3)9-10-16(13)15/h5,7-11H,2,4,6H2,1,3H3. The lowest BCUT2D eigenvalue weighted by Gasteiger charge is -2.10. The Morgan fingerprint density at radius 1 is 1.24 bits per heavy atom. The maximum absolute atomic E-state index is 5.25. The average Bonchev–Trinajstić information content (AvgIpc) is 2.37. The van der Waals surface area contributed by atoms with E-state index in [4.69, 9.17) is 4.74 Å². The van der Waals surface area contributed by atoms with E-state index in [1.807, 2.05) is 6.07 Å². The number of methoxy groups -OCH3 is 1. The molecule has 0 aromatic heterocycles. The minimum Gasteiger partial charge on any atom is -0.497 e.